The first-order valence-electron chi connectivity index (χ1n) is 7.20. The third-order valence-electron chi connectivity index (χ3n) is 4.08. The van der Waals surface area contributed by atoms with Gasteiger partial charge in [0.1, 0.15) is 17.6 Å². The standard InChI is InChI=1S/C16H20F2N2O2/c1-16(2,3)10-8-20-15(22)13(10)14(21)19-7-9-11(17)5-4-6-12(9)18/h4-6,10,13H,7-8H2,1-3H3,(H,19,21)(H,20,22)/t10-,13-/m1/s1. The molecule has 0 aromatic heterocycles. The summed E-state index contributed by atoms with van der Waals surface area (Å²) in [6.45, 7) is 6.00. The van der Waals surface area contributed by atoms with E-state index in [0.717, 1.165) is 12.1 Å². The molecule has 1 aliphatic heterocycles. The number of carbonyl (C=O) groups excluding carboxylic acids is 2. The van der Waals surface area contributed by atoms with Crippen molar-refractivity contribution in [1.82, 2.24) is 10.6 Å². The molecule has 2 atom stereocenters. The van der Waals surface area contributed by atoms with Crippen LogP contribution in [0, 0.1) is 28.9 Å². The molecule has 22 heavy (non-hydrogen) atoms. The van der Waals surface area contributed by atoms with Gasteiger partial charge in [-0.15, -0.1) is 0 Å². The Morgan fingerprint density at radius 1 is 1.32 bits per heavy atom. The Kier molecular flexibility index (Phi) is 4.49. The summed E-state index contributed by atoms with van der Waals surface area (Å²) in [5.41, 5.74) is -0.439. The Hall–Kier alpha value is -1.98. The number of halogens is 2. The average Bonchev–Trinajstić information content (AvgIpc) is 2.80. The zero-order valence-electron chi connectivity index (χ0n) is 12.9. The normalized spacial score (nSPS) is 21.6. The maximum absolute atomic E-state index is 13.6. The van der Waals surface area contributed by atoms with Gasteiger partial charge in [0, 0.05) is 24.6 Å². The molecule has 1 fully saturated rings. The predicted octanol–water partition coefficient (Wildman–Crippen LogP) is 1.99. The van der Waals surface area contributed by atoms with Crippen molar-refractivity contribution in [2.45, 2.75) is 27.3 Å². The first-order chi connectivity index (χ1) is 10.2. The van der Waals surface area contributed by atoms with Crippen molar-refractivity contribution in [1.29, 1.82) is 0 Å². The molecule has 0 radical (unpaired) electrons. The van der Waals surface area contributed by atoms with Gasteiger partial charge >= 0.3 is 0 Å². The van der Waals surface area contributed by atoms with Gasteiger partial charge in [-0.05, 0) is 17.5 Å². The fourth-order valence-corrected chi connectivity index (χ4v) is 2.72. The number of benzene rings is 1. The van der Waals surface area contributed by atoms with Crippen LogP contribution in [0.3, 0.4) is 0 Å². The van der Waals surface area contributed by atoms with Crippen LogP contribution in [-0.2, 0) is 16.1 Å². The van der Waals surface area contributed by atoms with E-state index in [4.69, 9.17) is 0 Å². The number of amides is 2. The molecule has 0 saturated carbocycles. The molecule has 1 aromatic rings. The molecule has 1 aliphatic rings. The molecule has 0 aliphatic carbocycles. The summed E-state index contributed by atoms with van der Waals surface area (Å²) in [7, 11) is 0. The molecule has 1 heterocycles. The molecule has 0 spiro atoms. The summed E-state index contributed by atoms with van der Waals surface area (Å²) >= 11 is 0. The average molecular weight is 310 g/mol. The van der Waals surface area contributed by atoms with Crippen molar-refractivity contribution in [2.75, 3.05) is 6.54 Å². The van der Waals surface area contributed by atoms with E-state index in [0.29, 0.717) is 6.54 Å². The van der Waals surface area contributed by atoms with Crippen molar-refractivity contribution < 1.29 is 18.4 Å². The molecule has 2 rings (SSSR count). The Labute approximate surface area is 128 Å². The Balaban J connectivity index is 2.10. The van der Waals surface area contributed by atoms with Crippen molar-refractivity contribution in [3.05, 3.63) is 35.4 Å². The molecule has 0 bridgehead atoms. The molecular weight excluding hydrogens is 290 g/mol. The summed E-state index contributed by atoms with van der Waals surface area (Å²) in [5, 5.41) is 5.16. The molecule has 0 unspecified atom stereocenters. The predicted molar refractivity (Wildman–Crippen MR) is 77.6 cm³/mol. The lowest BCUT2D eigenvalue weighted by Gasteiger charge is -2.29. The van der Waals surface area contributed by atoms with Gasteiger partial charge in [0.15, 0.2) is 0 Å². The minimum absolute atomic E-state index is 0.162. The van der Waals surface area contributed by atoms with Gasteiger partial charge in [-0.25, -0.2) is 8.78 Å². The van der Waals surface area contributed by atoms with E-state index < -0.39 is 23.5 Å². The fraction of sp³-hybridized carbons (Fsp3) is 0.500. The highest BCUT2D eigenvalue weighted by Gasteiger charge is 2.45. The van der Waals surface area contributed by atoms with Crippen LogP contribution >= 0.6 is 0 Å². The molecular formula is C16H20F2N2O2. The molecule has 2 amide bonds. The monoisotopic (exact) mass is 310 g/mol. The molecule has 2 N–H and O–H groups in total. The van der Waals surface area contributed by atoms with Gasteiger partial charge in [-0.1, -0.05) is 26.8 Å². The van der Waals surface area contributed by atoms with Gasteiger partial charge in [-0.3, -0.25) is 9.59 Å². The number of hydrogen-bond donors (Lipinski definition) is 2. The van der Waals surface area contributed by atoms with E-state index in [2.05, 4.69) is 10.6 Å². The molecule has 120 valence electrons. The molecule has 1 aromatic carbocycles. The second-order valence-electron chi connectivity index (χ2n) is 6.61. The van der Waals surface area contributed by atoms with Crippen LogP contribution in [0.4, 0.5) is 8.78 Å². The maximum Gasteiger partial charge on any atom is 0.233 e. The van der Waals surface area contributed by atoms with Crippen LogP contribution in [0.15, 0.2) is 18.2 Å². The number of carbonyl (C=O) groups is 2. The van der Waals surface area contributed by atoms with Crippen molar-refractivity contribution in [3.8, 4) is 0 Å². The van der Waals surface area contributed by atoms with Crippen LogP contribution in [-0.4, -0.2) is 18.4 Å². The number of hydrogen-bond acceptors (Lipinski definition) is 2. The highest BCUT2D eigenvalue weighted by atomic mass is 19.1. The van der Waals surface area contributed by atoms with E-state index in [1.165, 1.54) is 6.07 Å². The van der Waals surface area contributed by atoms with Crippen LogP contribution in [0.5, 0.6) is 0 Å². The zero-order valence-corrected chi connectivity index (χ0v) is 12.9. The SMILES string of the molecule is CC(C)(C)[C@@H]1CNC(=O)[C@H]1C(=O)NCc1c(F)cccc1F. The molecule has 4 nitrogen and oxygen atoms in total. The minimum Gasteiger partial charge on any atom is -0.355 e. The third kappa shape index (κ3) is 3.26. The van der Waals surface area contributed by atoms with Crippen molar-refractivity contribution in [2.24, 2.45) is 17.3 Å². The van der Waals surface area contributed by atoms with Crippen molar-refractivity contribution in [3.63, 3.8) is 0 Å². The zero-order chi connectivity index (χ0) is 16.5. The number of rotatable bonds is 3. The number of nitrogens with one attached hydrogen (secondary N) is 2. The van der Waals surface area contributed by atoms with Gasteiger partial charge in [-0.2, -0.15) is 0 Å². The second kappa shape index (κ2) is 6.02. The Morgan fingerprint density at radius 2 is 1.91 bits per heavy atom. The van der Waals surface area contributed by atoms with Crippen LogP contribution in [0.25, 0.3) is 0 Å². The lowest BCUT2D eigenvalue weighted by molar-refractivity contribution is -0.135. The second-order valence-corrected chi connectivity index (χ2v) is 6.61. The van der Waals surface area contributed by atoms with Gasteiger partial charge in [0.25, 0.3) is 0 Å². The quantitative estimate of drug-likeness (QED) is 0.839. The van der Waals surface area contributed by atoms with E-state index in [1.54, 1.807) is 0 Å². The lowest BCUT2D eigenvalue weighted by atomic mass is 9.74. The smallest absolute Gasteiger partial charge is 0.233 e. The van der Waals surface area contributed by atoms with E-state index in [-0.39, 0.29) is 29.3 Å². The highest BCUT2D eigenvalue weighted by molar-refractivity contribution is 6.02. The van der Waals surface area contributed by atoms with Crippen LogP contribution in [0.1, 0.15) is 26.3 Å². The van der Waals surface area contributed by atoms with Crippen LogP contribution in [0.2, 0.25) is 0 Å². The first kappa shape index (κ1) is 16.4. The summed E-state index contributed by atoms with van der Waals surface area (Å²) < 4.78 is 27.1. The first-order valence-corrected chi connectivity index (χ1v) is 7.20. The van der Waals surface area contributed by atoms with E-state index >= 15 is 0 Å². The largest absolute Gasteiger partial charge is 0.355 e. The minimum atomic E-state index is -0.838. The van der Waals surface area contributed by atoms with E-state index in [1.807, 2.05) is 20.8 Å². The summed E-state index contributed by atoms with van der Waals surface area (Å²) in [6.07, 6.45) is 0. The highest BCUT2D eigenvalue weighted by Crippen LogP contribution is 2.35. The van der Waals surface area contributed by atoms with Gasteiger partial charge in [0.2, 0.25) is 11.8 Å². The Morgan fingerprint density at radius 3 is 2.45 bits per heavy atom. The summed E-state index contributed by atoms with van der Waals surface area (Å²) in [4.78, 5) is 24.2. The Bertz CT molecular complexity index is 576. The summed E-state index contributed by atoms with van der Waals surface area (Å²) in [5.74, 6) is -3.28. The summed E-state index contributed by atoms with van der Waals surface area (Å²) in [6, 6.07) is 3.52. The third-order valence-corrected chi connectivity index (χ3v) is 4.08. The lowest BCUT2D eigenvalue weighted by Crippen LogP contribution is -2.40. The maximum atomic E-state index is 13.6. The van der Waals surface area contributed by atoms with Crippen LogP contribution < -0.4 is 10.6 Å². The topological polar surface area (TPSA) is 58.2 Å². The molecule has 1 saturated heterocycles. The fourth-order valence-electron chi connectivity index (χ4n) is 2.72. The van der Waals surface area contributed by atoms with Gasteiger partial charge < -0.3 is 10.6 Å². The van der Waals surface area contributed by atoms with E-state index in [9.17, 15) is 18.4 Å². The van der Waals surface area contributed by atoms with Crippen molar-refractivity contribution >= 4 is 11.8 Å². The molecule has 6 heteroatoms. The van der Waals surface area contributed by atoms with Gasteiger partial charge in [0.05, 0.1) is 0 Å².